The number of hydrogen-bond donors (Lipinski definition) is 1. The van der Waals surface area contributed by atoms with Crippen molar-refractivity contribution >= 4 is 5.91 Å². The maximum Gasteiger partial charge on any atom is 0.248 e. The van der Waals surface area contributed by atoms with Gasteiger partial charge in [0.1, 0.15) is 0 Å². The topological polar surface area (TPSA) is 52.3 Å². The third-order valence-electron chi connectivity index (χ3n) is 2.14. The lowest BCUT2D eigenvalue weighted by atomic mass is 10.2. The Hall–Kier alpha value is -1.61. The van der Waals surface area contributed by atoms with Crippen LogP contribution in [-0.4, -0.2) is 19.1 Å². The van der Waals surface area contributed by atoms with E-state index in [1.165, 1.54) is 24.8 Å². The SMILES string of the molecule is C1CCOCC1.C=C(C)C.NC(=O)c1ccccc1. The maximum atomic E-state index is 10.4. The summed E-state index contributed by atoms with van der Waals surface area (Å²) in [5, 5.41) is 0. The lowest BCUT2D eigenvalue weighted by Gasteiger charge is -2.08. The molecular weight excluding hydrogens is 238 g/mol. The summed E-state index contributed by atoms with van der Waals surface area (Å²) in [5.41, 5.74) is 6.69. The van der Waals surface area contributed by atoms with Gasteiger partial charge in [0.2, 0.25) is 5.91 Å². The molecule has 2 rings (SSSR count). The molecule has 19 heavy (non-hydrogen) atoms. The van der Waals surface area contributed by atoms with Gasteiger partial charge in [0, 0.05) is 18.8 Å². The molecule has 0 aliphatic carbocycles. The average Bonchev–Trinajstić information content (AvgIpc) is 2.42. The molecule has 3 heteroatoms. The second-order valence-corrected chi connectivity index (χ2v) is 4.61. The molecule has 0 radical (unpaired) electrons. The summed E-state index contributed by atoms with van der Waals surface area (Å²) in [5.74, 6) is -0.379. The molecule has 0 saturated carbocycles. The van der Waals surface area contributed by atoms with Crippen molar-refractivity contribution in [3.8, 4) is 0 Å². The molecule has 1 fully saturated rings. The highest BCUT2D eigenvalue weighted by molar-refractivity contribution is 5.92. The number of carbonyl (C=O) groups excluding carboxylic acids is 1. The monoisotopic (exact) mass is 263 g/mol. The van der Waals surface area contributed by atoms with Gasteiger partial charge in [-0.2, -0.15) is 0 Å². The van der Waals surface area contributed by atoms with Crippen molar-refractivity contribution < 1.29 is 9.53 Å². The zero-order valence-corrected chi connectivity index (χ0v) is 12.0. The molecule has 0 atom stereocenters. The highest BCUT2D eigenvalue weighted by Gasteiger charge is 1.95. The van der Waals surface area contributed by atoms with Crippen LogP contribution in [0.3, 0.4) is 0 Å². The Balaban J connectivity index is 0.000000281. The van der Waals surface area contributed by atoms with E-state index in [0.717, 1.165) is 13.2 Å². The lowest BCUT2D eigenvalue weighted by Crippen LogP contribution is -2.09. The van der Waals surface area contributed by atoms with Crippen LogP contribution in [0.2, 0.25) is 0 Å². The van der Waals surface area contributed by atoms with E-state index in [1.807, 2.05) is 19.9 Å². The molecule has 0 bridgehead atoms. The second-order valence-electron chi connectivity index (χ2n) is 4.61. The number of ether oxygens (including phenoxy) is 1. The Bertz CT molecular complexity index is 341. The van der Waals surface area contributed by atoms with Crippen LogP contribution in [0.1, 0.15) is 43.5 Å². The predicted molar refractivity (Wildman–Crippen MR) is 80.1 cm³/mol. The Morgan fingerprint density at radius 3 is 1.79 bits per heavy atom. The molecule has 1 aromatic carbocycles. The third kappa shape index (κ3) is 12.6. The van der Waals surface area contributed by atoms with Crippen molar-refractivity contribution in [3.63, 3.8) is 0 Å². The molecule has 2 N–H and O–H groups in total. The molecule has 0 spiro atoms. The summed E-state index contributed by atoms with van der Waals surface area (Å²) >= 11 is 0. The Labute approximate surface area is 116 Å². The fourth-order valence-electron chi connectivity index (χ4n) is 1.29. The summed E-state index contributed by atoms with van der Waals surface area (Å²) in [4.78, 5) is 10.4. The van der Waals surface area contributed by atoms with E-state index in [2.05, 4.69) is 6.58 Å². The van der Waals surface area contributed by atoms with Crippen molar-refractivity contribution in [2.45, 2.75) is 33.1 Å². The first-order valence-electron chi connectivity index (χ1n) is 6.58. The predicted octanol–water partition coefficient (Wildman–Crippen LogP) is 3.55. The molecule has 0 unspecified atom stereocenters. The number of primary amides is 1. The summed E-state index contributed by atoms with van der Waals surface area (Å²) in [6, 6.07) is 8.76. The molecule has 1 heterocycles. The van der Waals surface area contributed by atoms with Crippen molar-refractivity contribution in [1.29, 1.82) is 0 Å². The molecule has 1 aliphatic rings. The van der Waals surface area contributed by atoms with Gasteiger partial charge < -0.3 is 10.5 Å². The van der Waals surface area contributed by atoms with Gasteiger partial charge >= 0.3 is 0 Å². The van der Waals surface area contributed by atoms with E-state index < -0.39 is 0 Å². The molecule has 1 aliphatic heterocycles. The minimum atomic E-state index is -0.379. The van der Waals surface area contributed by atoms with E-state index in [1.54, 1.807) is 24.3 Å². The molecule has 1 saturated heterocycles. The normalized spacial score (nSPS) is 13.2. The molecule has 1 amide bonds. The number of rotatable bonds is 1. The van der Waals surface area contributed by atoms with E-state index in [-0.39, 0.29) is 5.91 Å². The van der Waals surface area contributed by atoms with Crippen LogP contribution in [0.5, 0.6) is 0 Å². The quantitative estimate of drug-likeness (QED) is 0.788. The van der Waals surface area contributed by atoms with Gasteiger partial charge in [-0.05, 0) is 45.2 Å². The zero-order chi connectivity index (χ0) is 14.5. The van der Waals surface area contributed by atoms with Crippen LogP contribution in [0.25, 0.3) is 0 Å². The van der Waals surface area contributed by atoms with Gasteiger partial charge in [0.15, 0.2) is 0 Å². The van der Waals surface area contributed by atoms with Crippen LogP contribution in [0, 0.1) is 0 Å². The largest absolute Gasteiger partial charge is 0.381 e. The first kappa shape index (κ1) is 17.4. The van der Waals surface area contributed by atoms with Crippen LogP contribution in [0.4, 0.5) is 0 Å². The molecular formula is C16H25NO2. The van der Waals surface area contributed by atoms with Crippen LogP contribution in [0.15, 0.2) is 42.5 Å². The van der Waals surface area contributed by atoms with Gasteiger partial charge in [0.05, 0.1) is 0 Å². The Morgan fingerprint density at radius 2 is 1.58 bits per heavy atom. The molecule has 0 aromatic heterocycles. The van der Waals surface area contributed by atoms with Gasteiger partial charge in [-0.3, -0.25) is 4.79 Å². The number of allylic oxidation sites excluding steroid dienone is 1. The Kier molecular flexibility index (Phi) is 10.5. The standard InChI is InChI=1S/C7H7NO.C5H10O.C4H8/c8-7(9)6-4-2-1-3-5-6;1-2-4-6-5-3-1;1-4(2)3/h1-5H,(H2,8,9);1-5H2;1H2,2-3H3. The molecule has 3 nitrogen and oxygen atoms in total. The third-order valence-corrected chi connectivity index (χ3v) is 2.14. The minimum absolute atomic E-state index is 0.379. The second kappa shape index (κ2) is 11.5. The van der Waals surface area contributed by atoms with Gasteiger partial charge in [-0.25, -0.2) is 0 Å². The highest BCUT2D eigenvalue weighted by atomic mass is 16.5. The Morgan fingerprint density at radius 1 is 1.11 bits per heavy atom. The maximum absolute atomic E-state index is 10.4. The number of hydrogen-bond acceptors (Lipinski definition) is 2. The summed E-state index contributed by atoms with van der Waals surface area (Å²) in [6.07, 6.45) is 3.93. The van der Waals surface area contributed by atoms with E-state index in [9.17, 15) is 4.79 Å². The zero-order valence-electron chi connectivity index (χ0n) is 12.0. The fourth-order valence-corrected chi connectivity index (χ4v) is 1.29. The van der Waals surface area contributed by atoms with Crippen molar-refractivity contribution in [1.82, 2.24) is 0 Å². The van der Waals surface area contributed by atoms with Crippen molar-refractivity contribution in [3.05, 3.63) is 48.0 Å². The average molecular weight is 263 g/mol. The lowest BCUT2D eigenvalue weighted by molar-refractivity contribution is 0.0968. The van der Waals surface area contributed by atoms with Crippen molar-refractivity contribution in [2.75, 3.05) is 13.2 Å². The highest BCUT2D eigenvalue weighted by Crippen LogP contribution is 2.02. The van der Waals surface area contributed by atoms with Gasteiger partial charge in [0.25, 0.3) is 0 Å². The van der Waals surface area contributed by atoms with E-state index >= 15 is 0 Å². The van der Waals surface area contributed by atoms with Crippen LogP contribution >= 0.6 is 0 Å². The number of carbonyl (C=O) groups is 1. The minimum Gasteiger partial charge on any atom is -0.381 e. The van der Waals surface area contributed by atoms with Gasteiger partial charge in [-0.15, -0.1) is 6.58 Å². The first-order chi connectivity index (χ1) is 9.04. The first-order valence-corrected chi connectivity index (χ1v) is 6.58. The summed E-state index contributed by atoms with van der Waals surface area (Å²) < 4.78 is 5.07. The smallest absolute Gasteiger partial charge is 0.248 e. The van der Waals surface area contributed by atoms with E-state index in [0.29, 0.717) is 5.56 Å². The number of nitrogens with two attached hydrogens (primary N) is 1. The van der Waals surface area contributed by atoms with Crippen LogP contribution in [-0.2, 0) is 4.74 Å². The summed E-state index contributed by atoms with van der Waals surface area (Å²) in [6.45, 7) is 9.50. The van der Waals surface area contributed by atoms with Crippen LogP contribution < -0.4 is 5.73 Å². The number of benzene rings is 1. The number of amides is 1. The van der Waals surface area contributed by atoms with Gasteiger partial charge in [-0.1, -0.05) is 23.8 Å². The summed E-state index contributed by atoms with van der Waals surface area (Å²) in [7, 11) is 0. The van der Waals surface area contributed by atoms with Crippen molar-refractivity contribution in [2.24, 2.45) is 5.73 Å². The van der Waals surface area contributed by atoms with E-state index in [4.69, 9.17) is 10.5 Å². The fraction of sp³-hybridized carbons (Fsp3) is 0.438. The molecule has 106 valence electrons. The molecule has 1 aromatic rings.